The van der Waals surface area contributed by atoms with Crippen molar-refractivity contribution >= 4 is 21.8 Å². The molecule has 1 aromatic carbocycles. The maximum Gasteiger partial charge on any atom is 0.239 e. The van der Waals surface area contributed by atoms with E-state index in [0.29, 0.717) is 12.4 Å². The third-order valence-corrected chi connectivity index (χ3v) is 3.31. The number of rotatable bonds is 5. The van der Waals surface area contributed by atoms with Gasteiger partial charge in [-0.05, 0) is 30.0 Å². The topological polar surface area (TPSA) is 89.9 Å². The van der Waals surface area contributed by atoms with Crippen molar-refractivity contribution in [3.63, 3.8) is 0 Å². The fourth-order valence-corrected chi connectivity index (χ4v) is 2.43. The summed E-state index contributed by atoms with van der Waals surface area (Å²) < 4.78 is 0.896. The quantitative estimate of drug-likeness (QED) is 0.863. The molecule has 1 atom stereocenters. The first kappa shape index (κ1) is 14.6. The highest BCUT2D eigenvalue weighted by Gasteiger charge is 2.24. The molecule has 0 radical (unpaired) electrons. The lowest BCUT2D eigenvalue weighted by molar-refractivity contribution is -0.123. The predicted octanol–water partition coefficient (Wildman–Crippen LogP) is 0.631. The minimum absolute atomic E-state index is 0.383. The van der Waals surface area contributed by atoms with Gasteiger partial charge in [0.15, 0.2) is 5.82 Å². The standard InChI is InChI=1S/C12H15BrN6O/c1-18(7-10-15-17-19(2)16-10)11(12(14)20)8-4-3-5-9(13)6-8/h3-6,11H,7H2,1-2H3,(H2,14,20)/t11-/m1/s1. The van der Waals surface area contributed by atoms with Crippen LogP contribution in [0.25, 0.3) is 0 Å². The summed E-state index contributed by atoms with van der Waals surface area (Å²) in [6.45, 7) is 0.383. The van der Waals surface area contributed by atoms with Gasteiger partial charge in [0.25, 0.3) is 0 Å². The number of carbonyl (C=O) groups is 1. The molecular formula is C12H15BrN6O. The lowest BCUT2D eigenvalue weighted by Gasteiger charge is -2.24. The van der Waals surface area contributed by atoms with E-state index in [1.54, 1.807) is 19.0 Å². The summed E-state index contributed by atoms with van der Waals surface area (Å²) in [6, 6.07) is 6.95. The fraction of sp³-hybridized carbons (Fsp3) is 0.333. The predicted molar refractivity (Wildman–Crippen MR) is 76.3 cm³/mol. The minimum Gasteiger partial charge on any atom is -0.368 e. The van der Waals surface area contributed by atoms with Crippen LogP contribution in [0.2, 0.25) is 0 Å². The smallest absolute Gasteiger partial charge is 0.239 e. The van der Waals surface area contributed by atoms with Crippen molar-refractivity contribution in [1.82, 2.24) is 25.1 Å². The van der Waals surface area contributed by atoms with E-state index >= 15 is 0 Å². The van der Waals surface area contributed by atoms with E-state index < -0.39 is 11.9 Å². The lowest BCUT2D eigenvalue weighted by atomic mass is 10.1. The van der Waals surface area contributed by atoms with Crippen LogP contribution in [0.1, 0.15) is 17.4 Å². The van der Waals surface area contributed by atoms with E-state index in [0.717, 1.165) is 10.0 Å². The van der Waals surface area contributed by atoms with E-state index in [1.165, 1.54) is 4.80 Å². The summed E-state index contributed by atoms with van der Waals surface area (Å²) in [5.74, 6) is 0.116. The third-order valence-electron chi connectivity index (χ3n) is 2.82. The zero-order valence-corrected chi connectivity index (χ0v) is 12.8. The largest absolute Gasteiger partial charge is 0.368 e. The van der Waals surface area contributed by atoms with Crippen LogP contribution < -0.4 is 5.73 Å². The van der Waals surface area contributed by atoms with Gasteiger partial charge in [0.05, 0.1) is 13.6 Å². The molecule has 1 amide bonds. The van der Waals surface area contributed by atoms with Crippen molar-refractivity contribution in [2.24, 2.45) is 12.8 Å². The van der Waals surface area contributed by atoms with Crippen LogP contribution in [-0.2, 0) is 18.4 Å². The molecule has 0 aliphatic rings. The minimum atomic E-state index is -0.545. The van der Waals surface area contributed by atoms with Crippen LogP contribution in [0, 0.1) is 0 Å². The molecule has 1 heterocycles. The van der Waals surface area contributed by atoms with Gasteiger partial charge in [-0.15, -0.1) is 10.2 Å². The van der Waals surface area contributed by atoms with Crippen LogP contribution in [0.15, 0.2) is 28.7 Å². The summed E-state index contributed by atoms with van der Waals surface area (Å²) in [5.41, 5.74) is 6.34. The Bertz CT molecular complexity index is 613. The molecule has 0 fully saturated rings. The van der Waals surface area contributed by atoms with Gasteiger partial charge in [-0.25, -0.2) is 0 Å². The number of nitrogens with two attached hydrogens (primary N) is 1. The Hall–Kier alpha value is -1.80. The normalized spacial score (nSPS) is 12.6. The summed E-state index contributed by atoms with van der Waals surface area (Å²) in [5, 5.41) is 11.8. The zero-order valence-electron chi connectivity index (χ0n) is 11.2. The van der Waals surface area contributed by atoms with Gasteiger partial charge < -0.3 is 5.73 Å². The van der Waals surface area contributed by atoms with Gasteiger partial charge in [-0.1, -0.05) is 28.1 Å². The van der Waals surface area contributed by atoms with Crippen molar-refractivity contribution in [2.45, 2.75) is 12.6 Å². The maximum absolute atomic E-state index is 11.8. The number of aromatic nitrogens is 4. The fourth-order valence-electron chi connectivity index (χ4n) is 2.01. The van der Waals surface area contributed by atoms with Crippen LogP contribution in [0.4, 0.5) is 0 Å². The highest BCUT2D eigenvalue weighted by molar-refractivity contribution is 9.10. The zero-order chi connectivity index (χ0) is 14.7. The van der Waals surface area contributed by atoms with Crippen LogP contribution in [0.5, 0.6) is 0 Å². The van der Waals surface area contributed by atoms with Crippen molar-refractivity contribution in [3.05, 3.63) is 40.1 Å². The Kier molecular flexibility index (Phi) is 4.46. The summed E-state index contributed by atoms with van der Waals surface area (Å²) in [7, 11) is 3.49. The van der Waals surface area contributed by atoms with Gasteiger partial charge in [-0.2, -0.15) is 4.80 Å². The van der Waals surface area contributed by atoms with Crippen molar-refractivity contribution in [1.29, 1.82) is 0 Å². The van der Waals surface area contributed by atoms with Gasteiger partial charge in [0.1, 0.15) is 6.04 Å². The molecule has 20 heavy (non-hydrogen) atoms. The number of amides is 1. The van der Waals surface area contributed by atoms with E-state index in [2.05, 4.69) is 31.3 Å². The first-order valence-corrected chi connectivity index (χ1v) is 6.74. The number of primary amides is 1. The molecule has 0 bridgehead atoms. The number of tetrazole rings is 1. The Morgan fingerprint density at radius 2 is 2.30 bits per heavy atom. The van der Waals surface area contributed by atoms with Gasteiger partial charge in [0.2, 0.25) is 5.91 Å². The number of nitrogens with zero attached hydrogens (tertiary/aromatic N) is 5. The lowest BCUT2D eigenvalue weighted by Crippen LogP contribution is -2.35. The average Bonchev–Trinajstić information content (AvgIpc) is 2.74. The Labute approximate surface area is 124 Å². The third kappa shape index (κ3) is 3.40. The molecule has 0 aliphatic carbocycles. The Balaban J connectivity index is 2.22. The molecule has 2 aromatic rings. The van der Waals surface area contributed by atoms with Crippen molar-refractivity contribution < 1.29 is 4.79 Å². The molecule has 7 nitrogen and oxygen atoms in total. The van der Waals surface area contributed by atoms with Gasteiger partial charge in [0, 0.05) is 4.47 Å². The monoisotopic (exact) mass is 338 g/mol. The maximum atomic E-state index is 11.8. The first-order chi connectivity index (χ1) is 9.47. The van der Waals surface area contributed by atoms with Crippen molar-refractivity contribution in [2.75, 3.05) is 7.05 Å². The molecule has 2 N–H and O–H groups in total. The molecule has 2 rings (SSSR count). The molecule has 0 unspecified atom stereocenters. The number of carbonyl (C=O) groups excluding carboxylic acids is 1. The highest BCUT2D eigenvalue weighted by atomic mass is 79.9. The summed E-state index contributed by atoms with van der Waals surface area (Å²) >= 11 is 3.39. The summed E-state index contributed by atoms with van der Waals surface area (Å²) in [6.07, 6.45) is 0. The number of hydrogen-bond acceptors (Lipinski definition) is 5. The Morgan fingerprint density at radius 1 is 1.55 bits per heavy atom. The average molecular weight is 339 g/mol. The van der Waals surface area contributed by atoms with Crippen LogP contribution >= 0.6 is 15.9 Å². The highest BCUT2D eigenvalue weighted by Crippen LogP contribution is 2.23. The molecule has 1 aromatic heterocycles. The van der Waals surface area contributed by atoms with E-state index in [4.69, 9.17) is 5.73 Å². The molecular weight excluding hydrogens is 324 g/mol. The number of benzene rings is 1. The molecule has 0 spiro atoms. The molecule has 0 aliphatic heterocycles. The number of likely N-dealkylation sites (N-methyl/N-ethyl adjacent to an activating group) is 1. The first-order valence-electron chi connectivity index (χ1n) is 5.95. The number of aryl methyl sites for hydroxylation is 1. The molecule has 106 valence electrons. The van der Waals surface area contributed by atoms with Gasteiger partial charge in [-0.3, -0.25) is 9.69 Å². The summed E-state index contributed by atoms with van der Waals surface area (Å²) in [4.78, 5) is 14.9. The second-order valence-electron chi connectivity index (χ2n) is 4.47. The Morgan fingerprint density at radius 3 is 2.85 bits per heavy atom. The van der Waals surface area contributed by atoms with E-state index in [9.17, 15) is 4.79 Å². The van der Waals surface area contributed by atoms with E-state index in [-0.39, 0.29) is 0 Å². The second-order valence-corrected chi connectivity index (χ2v) is 5.39. The molecule has 8 heteroatoms. The molecule has 0 saturated carbocycles. The van der Waals surface area contributed by atoms with Crippen LogP contribution in [-0.4, -0.2) is 38.1 Å². The van der Waals surface area contributed by atoms with Crippen LogP contribution in [0.3, 0.4) is 0 Å². The molecule has 0 saturated heterocycles. The second kappa shape index (κ2) is 6.10. The number of halogens is 1. The van der Waals surface area contributed by atoms with Gasteiger partial charge >= 0.3 is 0 Å². The van der Waals surface area contributed by atoms with E-state index in [1.807, 2.05) is 24.3 Å². The SMILES string of the molecule is CN(Cc1nnn(C)n1)[C@@H](C(N)=O)c1cccc(Br)c1. The van der Waals surface area contributed by atoms with Crippen molar-refractivity contribution in [3.8, 4) is 0 Å². The number of hydrogen-bond donors (Lipinski definition) is 1.